The summed E-state index contributed by atoms with van der Waals surface area (Å²) < 4.78 is 10.4. The zero-order valence-electron chi connectivity index (χ0n) is 11.9. The van der Waals surface area contributed by atoms with Gasteiger partial charge in [-0.05, 0) is 31.2 Å². The van der Waals surface area contributed by atoms with E-state index < -0.39 is 0 Å². The number of halogens is 2. The molecule has 0 saturated carbocycles. The van der Waals surface area contributed by atoms with E-state index in [4.69, 9.17) is 21.1 Å². The third-order valence-electron chi connectivity index (χ3n) is 3.18. The molecule has 118 valence electrons. The molecule has 2 N–H and O–H groups in total. The van der Waals surface area contributed by atoms with E-state index in [-0.39, 0.29) is 24.2 Å². The second-order valence-electron chi connectivity index (χ2n) is 4.67. The van der Waals surface area contributed by atoms with Gasteiger partial charge in [0.15, 0.2) is 0 Å². The van der Waals surface area contributed by atoms with Crippen molar-refractivity contribution in [1.82, 2.24) is 5.32 Å². The summed E-state index contributed by atoms with van der Waals surface area (Å²) in [6.45, 7) is 2.57. The summed E-state index contributed by atoms with van der Waals surface area (Å²) in [6, 6.07) is 5.23. The molecule has 1 heterocycles. The number of nitrogens with one attached hydrogen (secondary N) is 2. The summed E-state index contributed by atoms with van der Waals surface area (Å²) in [4.78, 5) is 12.0. The molecule has 1 saturated heterocycles. The summed E-state index contributed by atoms with van der Waals surface area (Å²) in [5.41, 5.74) is 0.686. The number of carbonyl (C=O) groups excluding carboxylic acids is 1. The Labute approximate surface area is 135 Å². The first-order chi connectivity index (χ1) is 9.70. The van der Waals surface area contributed by atoms with Gasteiger partial charge in [0, 0.05) is 19.3 Å². The van der Waals surface area contributed by atoms with E-state index in [1.165, 1.54) is 0 Å². The average molecular weight is 335 g/mol. The van der Waals surface area contributed by atoms with Crippen LogP contribution in [0.1, 0.15) is 6.42 Å². The number of benzene rings is 1. The molecular weight excluding hydrogens is 315 g/mol. The lowest BCUT2D eigenvalue weighted by molar-refractivity contribution is -0.119. The van der Waals surface area contributed by atoms with Crippen LogP contribution in [-0.2, 0) is 9.53 Å². The van der Waals surface area contributed by atoms with Crippen molar-refractivity contribution >= 4 is 35.6 Å². The van der Waals surface area contributed by atoms with Crippen molar-refractivity contribution in [3.05, 3.63) is 23.2 Å². The van der Waals surface area contributed by atoms with Gasteiger partial charge < -0.3 is 20.1 Å². The third-order valence-corrected chi connectivity index (χ3v) is 3.47. The van der Waals surface area contributed by atoms with Crippen molar-refractivity contribution in [2.24, 2.45) is 5.92 Å². The molecule has 0 bridgehead atoms. The van der Waals surface area contributed by atoms with Gasteiger partial charge >= 0.3 is 0 Å². The third kappa shape index (κ3) is 5.36. The predicted molar refractivity (Wildman–Crippen MR) is 85.7 cm³/mol. The molecule has 1 amide bonds. The molecule has 0 spiro atoms. The minimum absolute atomic E-state index is 0. The molecule has 1 aromatic rings. The van der Waals surface area contributed by atoms with Crippen molar-refractivity contribution in [1.29, 1.82) is 0 Å². The zero-order valence-corrected chi connectivity index (χ0v) is 13.4. The van der Waals surface area contributed by atoms with E-state index in [0.29, 0.717) is 29.7 Å². The number of carbonyl (C=O) groups is 1. The van der Waals surface area contributed by atoms with E-state index in [9.17, 15) is 4.79 Å². The number of hydrogen-bond donors (Lipinski definition) is 2. The first-order valence-electron chi connectivity index (χ1n) is 6.63. The van der Waals surface area contributed by atoms with E-state index in [1.54, 1.807) is 25.3 Å². The van der Waals surface area contributed by atoms with Gasteiger partial charge in [0.25, 0.3) is 0 Å². The smallest absolute Gasteiger partial charge is 0.228 e. The Hall–Kier alpha value is -1.01. The SMILES string of the molecule is COCCOc1ccc(NC(=O)C2CCNC2)cc1Cl.Cl. The molecule has 1 aliphatic rings. The van der Waals surface area contributed by atoms with Crippen LogP contribution in [0, 0.1) is 5.92 Å². The summed E-state index contributed by atoms with van der Waals surface area (Å²) >= 11 is 6.12. The molecule has 1 aromatic carbocycles. The number of anilines is 1. The molecule has 1 aliphatic heterocycles. The lowest BCUT2D eigenvalue weighted by Crippen LogP contribution is -2.24. The van der Waals surface area contributed by atoms with Crippen LogP contribution in [0.25, 0.3) is 0 Å². The van der Waals surface area contributed by atoms with Crippen molar-refractivity contribution in [2.75, 3.05) is 38.7 Å². The van der Waals surface area contributed by atoms with Crippen LogP contribution in [0.4, 0.5) is 5.69 Å². The fraction of sp³-hybridized carbons (Fsp3) is 0.500. The quantitative estimate of drug-likeness (QED) is 0.784. The van der Waals surface area contributed by atoms with Crippen LogP contribution in [0.15, 0.2) is 18.2 Å². The Morgan fingerprint density at radius 2 is 2.29 bits per heavy atom. The van der Waals surface area contributed by atoms with Crippen molar-refractivity contribution in [3.8, 4) is 5.75 Å². The number of rotatable bonds is 6. The molecule has 0 aliphatic carbocycles. The highest BCUT2D eigenvalue weighted by Gasteiger charge is 2.22. The molecule has 5 nitrogen and oxygen atoms in total. The first kappa shape index (κ1) is 18.0. The monoisotopic (exact) mass is 334 g/mol. The number of ether oxygens (including phenoxy) is 2. The maximum atomic E-state index is 12.0. The van der Waals surface area contributed by atoms with Gasteiger partial charge in [0.05, 0.1) is 17.5 Å². The summed E-state index contributed by atoms with van der Waals surface area (Å²) in [5, 5.41) is 6.52. The Kier molecular flexibility index (Phi) is 7.82. The lowest BCUT2D eigenvalue weighted by atomic mass is 10.1. The fourth-order valence-electron chi connectivity index (χ4n) is 2.05. The lowest BCUT2D eigenvalue weighted by Gasteiger charge is -2.12. The van der Waals surface area contributed by atoms with Crippen LogP contribution >= 0.6 is 24.0 Å². The molecular formula is C14H20Cl2N2O3. The topological polar surface area (TPSA) is 59.6 Å². The minimum atomic E-state index is 0. The van der Waals surface area contributed by atoms with Gasteiger partial charge in [-0.25, -0.2) is 0 Å². The molecule has 0 radical (unpaired) electrons. The molecule has 1 fully saturated rings. The van der Waals surface area contributed by atoms with Crippen molar-refractivity contribution in [2.45, 2.75) is 6.42 Å². The van der Waals surface area contributed by atoms with Crippen LogP contribution in [-0.4, -0.2) is 39.3 Å². The van der Waals surface area contributed by atoms with Crippen LogP contribution in [0.3, 0.4) is 0 Å². The fourth-order valence-corrected chi connectivity index (χ4v) is 2.29. The summed E-state index contributed by atoms with van der Waals surface area (Å²) in [6.07, 6.45) is 0.873. The Morgan fingerprint density at radius 1 is 1.48 bits per heavy atom. The standard InChI is InChI=1S/C14H19ClN2O3.ClH/c1-19-6-7-20-13-3-2-11(8-12(13)15)17-14(18)10-4-5-16-9-10;/h2-3,8,10,16H,4-7,9H2,1H3,(H,17,18);1H. The molecule has 7 heteroatoms. The van der Waals surface area contributed by atoms with Gasteiger partial charge in [0.2, 0.25) is 5.91 Å². The normalized spacial score (nSPS) is 17.1. The molecule has 21 heavy (non-hydrogen) atoms. The average Bonchev–Trinajstić information content (AvgIpc) is 2.95. The maximum Gasteiger partial charge on any atom is 0.228 e. The maximum absolute atomic E-state index is 12.0. The van der Waals surface area contributed by atoms with Crippen LogP contribution < -0.4 is 15.4 Å². The van der Waals surface area contributed by atoms with Gasteiger partial charge in [-0.15, -0.1) is 12.4 Å². The molecule has 1 atom stereocenters. The molecule has 2 rings (SSSR count). The largest absolute Gasteiger partial charge is 0.490 e. The van der Waals surface area contributed by atoms with E-state index in [0.717, 1.165) is 19.5 Å². The number of amides is 1. The predicted octanol–water partition coefficient (Wildman–Crippen LogP) is 2.34. The second kappa shape index (κ2) is 9.10. The minimum Gasteiger partial charge on any atom is -0.490 e. The van der Waals surface area contributed by atoms with E-state index >= 15 is 0 Å². The zero-order chi connectivity index (χ0) is 14.4. The Morgan fingerprint density at radius 3 is 2.90 bits per heavy atom. The highest BCUT2D eigenvalue weighted by molar-refractivity contribution is 6.32. The number of hydrogen-bond acceptors (Lipinski definition) is 4. The summed E-state index contributed by atoms with van der Waals surface area (Å²) in [7, 11) is 1.61. The van der Waals surface area contributed by atoms with Gasteiger partial charge in [-0.1, -0.05) is 11.6 Å². The van der Waals surface area contributed by atoms with Gasteiger partial charge in [0.1, 0.15) is 12.4 Å². The van der Waals surface area contributed by atoms with Crippen LogP contribution in [0.2, 0.25) is 5.02 Å². The second-order valence-corrected chi connectivity index (χ2v) is 5.07. The molecule has 1 unspecified atom stereocenters. The van der Waals surface area contributed by atoms with E-state index in [2.05, 4.69) is 10.6 Å². The van der Waals surface area contributed by atoms with Crippen LogP contribution in [0.5, 0.6) is 5.75 Å². The molecule has 0 aromatic heterocycles. The van der Waals surface area contributed by atoms with Gasteiger partial charge in [-0.3, -0.25) is 4.79 Å². The Balaban J connectivity index is 0.00000220. The van der Waals surface area contributed by atoms with E-state index in [1.807, 2.05) is 0 Å². The highest BCUT2D eigenvalue weighted by atomic mass is 35.5. The highest BCUT2D eigenvalue weighted by Crippen LogP contribution is 2.28. The van der Waals surface area contributed by atoms with Gasteiger partial charge in [-0.2, -0.15) is 0 Å². The van der Waals surface area contributed by atoms with Crippen molar-refractivity contribution in [3.63, 3.8) is 0 Å². The number of methoxy groups -OCH3 is 1. The summed E-state index contributed by atoms with van der Waals surface area (Å²) in [5.74, 6) is 0.648. The Bertz CT molecular complexity index is 466. The van der Waals surface area contributed by atoms with Crippen molar-refractivity contribution < 1.29 is 14.3 Å². The first-order valence-corrected chi connectivity index (χ1v) is 7.01.